The van der Waals surface area contributed by atoms with Crippen molar-refractivity contribution in [3.8, 4) is 17.4 Å². The van der Waals surface area contributed by atoms with Gasteiger partial charge in [0, 0.05) is 17.4 Å². The normalized spacial score (nSPS) is 10.9. The standard InChI is InChI=1S/C24H20F3N5O2/c1-12-13(2)31-32(14(12)3)20-11-21(29-15(4)28-20)34-17-7-5-16(6-8-17)30-24(33)18-9-10-19(25)23(27)22(18)26/h5-11H,1-4H3,(H,30,33). The number of hydrogen-bond acceptors (Lipinski definition) is 5. The number of anilines is 1. The van der Waals surface area contributed by atoms with E-state index in [0.717, 1.165) is 23.0 Å². The van der Waals surface area contributed by atoms with Gasteiger partial charge in [0.05, 0.1) is 11.3 Å². The lowest BCUT2D eigenvalue weighted by Gasteiger charge is -2.10. The van der Waals surface area contributed by atoms with Crippen LogP contribution in [0, 0.1) is 45.1 Å². The number of aromatic nitrogens is 4. The fourth-order valence-corrected chi connectivity index (χ4v) is 3.26. The lowest BCUT2D eigenvalue weighted by molar-refractivity contribution is 0.102. The van der Waals surface area contributed by atoms with Gasteiger partial charge >= 0.3 is 0 Å². The number of nitrogens with one attached hydrogen (secondary N) is 1. The Balaban J connectivity index is 1.51. The molecule has 0 aliphatic heterocycles. The molecule has 2 aromatic carbocycles. The molecule has 7 nitrogen and oxygen atoms in total. The molecule has 0 bridgehead atoms. The van der Waals surface area contributed by atoms with E-state index in [2.05, 4.69) is 20.4 Å². The van der Waals surface area contributed by atoms with Crippen LogP contribution in [0.1, 0.15) is 33.1 Å². The van der Waals surface area contributed by atoms with E-state index in [1.807, 2.05) is 20.8 Å². The van der Waals surface area contributed by atoms with Crippen molar-refractivity contribution in [1.82, 2.24) is 19.7 Å². The number of hydrogen-bond donors (Lipinski definition) is 1. The Morgan fingerprint density at radius 1 is 0.941 bits per heavy atom. The number of carbonyl (C=O) groups excluding carboxylic acids is 1. The maximum absolute atomic E-state index is 13.8. The Labute approximate surface area is 193 Å². The predicted molar refractivity (Wildman–Crippen MR) is 119 cm³/mol. The summed E-state index contributed by atoms with van der Waals surface area (Å²) < 4.78 is 47.9. The third-order valence-corrected chi connectivity index (χ3v) is 5.29. The zero-order valence-corrected chi connectivity index (χ0v) is 18.8. The summed E-state index contributed by atoms with van der Waals surface area (Å²) in [7, 11) is 0. The Hall–Kier alpha value is -4.21. The van der Waals surface area contributed by atoms with E-state index >= 15 is 0 Å². The number of benzene rings is 2. The Kier molecular flexibility index (Phi) is 6.06. The first-order valence-corrected chi connectivity index (χ1v) is 10.3. The third-order valence-electron chi connectivity index (χ3n) is 5.29. The van der Waals surface area contributed by atoms with Crippen LogP contribution in [0.2, 0.25) is 0 Å². The van der Waals surface area contributed by atoms with Crippen molar-refractivity contribution in [1.29, 1.82) is 0 Å². The minimum atomic E-state index is -1.70. The molecule has 0 aliphatic rings. The molecular formula is C24H20F3N5O2. The van der Waals surface area contributed by atoms with E-state index in [4.69, 9.17) is 4.74 Å². The van der Waals surface area contributed by atoms with E-state index in [1.54, 1.807) is 29.8 Å². The van der Waals surface area contributed by atoms with Crippen LogP contribution >= 0.6 is 0 Å². The van der Waals surface area contributed by atoms with Gasteiger partial charge in [-0.3, -0.25) is 4.79 Å². The van der Waals surface area contributed by atoms with Gasteiger partial charge in [-0.15, -0.1) is 0 Å². The minimum Gasteiger partial charge on any atom is -0.439 e. The second kappa shape index (κ2) is 8.97. The minimum absolute atomic E-state index is 0.299. The molecule has 0 unspecified atom stereocenters. The molecule has 0 spiro atoms. The number of nitrogens with zero attached hydrogens (tertiary/aromatic N) is 4. The van der Waals surface area contributed by atoms with Crippen molar-refractivity contribution in [2.45, 2.75) is 27.7 Å². The maximum Gasteiger partial charge on any atom is 0.258 e. The quantitative estimate of drug-likeness (QED) is 0.400. The fourth-order valence-electron chi connectivity index (χ4n) is 3.26. The molecule has 2 aromatic heterocycles. The second-order valence-corrected chi connectivity index (χ2v) is 7.62. The smallest absolute Gasteiger partial charge is 0.258 e. The molecular weight excluding hydrogens is 447 g/mol. The van der Waals surface area contributed by atoms with E-state index < -0.39 is 28.9 Å². The van der Waals surface area contributed by atoms with Crippen molar-refractivity contribution in [3.63, 3.8) is 0 Å². The number of aryl methyl sites for hydroxylation is 2. The summed E-state index contributed by atoms with van der Waals surface area (Å²) in [5, 5.41) is 6.94. The summed E-state index contributed by atoms with van der Waals surface area (Å²) >= 11 is 0. The summed E-state index contributed by atoms with van der Waals surface area (Å²) in [6, 6.07) is 9.40. The van der Waals surface area contributed by atoms with Crippen LogP contribution in [0.4, 0.5) is 18.9 Å². The highest BCUT2D eigenvalue weighted by atomic mass is 19.2. The Morgan fingerprint density at radius 2 is 1.65 bits per heavy atom. The van der Waals surface area contributed by atoms with Gasteiger partial charge in [0.25, 0.3) is 5.91 Å². The van der Waals surface area contributed by atoms with Crippen LogP contribution in [0.25, 0.3) is 5.82 Å². The fraction of sp³-hybridized carbons (Fsp3) is 0.167. The predicted octanol–water partition coefficient (Wildman–Crippen LogP) is 5.36. The van der Waals surface area contributed by atoms with Gasteiger partial charge in [-0.05, 0) is 69.7 Å². The highest BCUT2D eigenvalue weighted by Gasteiger charge is 2.19. The van der Waals surface area contributed by atoms with Crippen molar-refractivity contribution in [2.75, 3.05) is 5.32 Å². The monoisotopic (exact) mass is 467 g/mol. The lowest BCUT2D eigenvalue weighted by atomic mass is 10.1. The van der Waals surface area contributed by atoms with Gasteiger partial charge < -0.3 is 10.1 Å². The van der Waals surface area contributed by atoms with Gasteiger partial charge in [0.1, 0.15) is 11.6 Å². The number of rotatable bonds is 5. The molecule has 0 fully saturated rings. The van der Waals surface area contributed by atoms with E-state index in [0.29, 0.717) is 35.0 Å². The first kappa shape index (κ1) is 23.0. The molecule has 1 amide bonds. The molecule has 4 rings (SSSR count). The Morgan fingerprint density at radius 3 is 2.29 bits per heavy atom. The van der Waals surface area contributed by atoms with Crippen LogP contribution in [-0.2, 0) is 0 Å². The number of amides is 1. The van der Waals surface area contributed by atoms with Gasteiger partial charge in [-0.2, -0.15) is 10.1 Å². The highest BCUT2D eigenvalue weighted by molar-refractivity contribution is 6.04. The average Bonchev–Trinajstić information content (AvgIpc) is 3.05. The number of halogens is 3. The third kappa shape index (κ3) is 4.47. The highest BCUT2D eigenvalue weighted by Crippen LogP contribution is 2.25. The summed E-state index contributed by atoms with van der Waals surface area (Å²) in [5.74, 6) is -3.76. The SMILES string of the molecule is Cc1nc(Oc2ccc(NC(=O)c3ccc(F)c(F)c3F)cc2)cc(-n2nc(C)c(C)c2C)n1. The molecule has 0 radical (unpaired) electrons. The van der Waals surface area contributed by atoms with Crippen molar-refractivity contribution in [2.24, 2.45) is 0 Å². The summed E-state index contributed by atoms with van der Waals surface area (Å²) in [4.78, 5) is 21.0. The molecule has 0 saturated carbocycles. The van der Waals surface area contributed by atoms with Crippen LogP contribution in [0.5, 0.6) is 11.6 Å². The van der Waals surface area contributed by atoms with Crippen LogP contribution in [0.15, 0.2) is 42.5 Å². The van der Waals surface area contributed by atoms with Gasteiger partial charge in [-0.1, -0.05) is 0 Å². The molecule has 4 aromatic rings. The zero-order chi connectivity index (χ0) is 24.6. The van der Waals surface area contributed by atoms with Gasteiger partial charge in [0.15, 0.2) is 23.3 Å². The molecule has 10 heteroatoms. The largest absolute Gasteiger partial charge is 0.439 e. The van der Waals surface area contributed by atoms with Crippen molar-refractivity contribution < 1.29 is 22.7 Å². The molecule has 0 aliphatic carbocycles. The number of carbonyl (C=O) groups is 1. The van der Waals surface area contributed by atoms with Crippen LogP contribution < -0.4 is 10.1 Å². The van der Waals surface area contributed by atoms with E-state index in [1.165, 1.54) is 12.1 Å². The van der Waals surface area contributed by atoms with Crippen LogP contribution in [-0.4, -0.2) is 25.7 Å². The molecule has 1 N–H and O–H groups in total. The topological polar surface area (TPSA) is 81.9 Å². The molecule has 34 heavy (non-hydrogen) atoms. The first-order valence-electron chi connectivity index (χ1n) is 10.3. The van der Waals surface area contributed by atoms with Gasteiger partial charge in [-0.25, -0.2) is 22.8 Å². The lowest BCUT2D eigenvalue weighted by Crippen LogP contribution is -2.15. The zero-order valence-electron chi connectivity index (χ0n) is 18.8. The molecule has 2 heterocycles. The average molecular weight is 467 g/mol. The van der Waals surface area contributed by atoms with Gasteiger partial charge in [0.2, 0.25) is 5.88 Å². The molecule has 174 valence electrons. The van der Waals surface area contributed by atoms with E-state index in [-0.39, 0.29) is 0 Å². The molecule has 0 saturated heterocycles. The van der Waals surface area contributed by atoms with Crippen molar-refractivity contribution in [3.05, 3.63) is 88.3 Å². The summed E-state index contributed by atoms with van der Waals surface area (Å²) in [6.07, 6.45) is 0. The summed E-state index contributed by atoms with van der Waals surface area (Å²) in [6.45, 7) is 7.60. The first-order chi connectivity index (χ1) is 16.1. The Bertz CT molecular complexity index is 1400. The second-order valence-electron chi connectivity index (χ2n) is 7.62. The molecule has 0 atom stereocenters. The van der Waals surface area contributed by atoms with Crippen molar-refractivity contribution >= 4 is 11.6 Å². The van der Waals surface area contributed by atoms with E-state index in [9.17, 15) is 18.0 Å². The maximum atomic E-state index is 13.8. The number of ether oxygens (including phenoxy) is 1. The van der Waals surface area contributed by atoms with Crippen LogP contribution in [0.3, 0.4) is 0 Å². The summed E-state index contributed by atoms with van der Waals surface area (Å²) in [5.41, 5.74) is 2.62.